The summed E-state index contributed by atoms with van der Waals surface area (Å²) in [6.07, 6.45) is 3.03. The van der Waals surface area contributed by atoms with E-state index in [1.165, 1.54) is 52.1 Å². The first kappa shape index (κ1) is 27.5. The van der Waals surface area contributed by atoms with Crippen molar-refractivity contribution in [2.24, 2.45) is 4.99 Å². The van der Waals surface area contributed by atoms with Crippen molar-refractivity contribution in [2.75, 3.05) is 32.9 Å². The van der Waals surface area contributed by atoms with E-state index >= 15 is 0 Å². The molecule has 0 spiro atoms. The second kappa shape index (κ2) is 12.8. The molecule has 0 unspecified atom stereocenters. The number of rotatable bonds is 13. The molecule has 1 aromatic heterocycles. The van der Waals surface area contributed by atoms with E-state index < -0.39 is 15.9 Å². The lowest BCUT2D eigenvalue weighted by atomic mass is 10.2. The van der Waals surface area contributed by atoms with Crippen molar-refractivity contribution >= 4 is 37.5 Å². The first-order valence-corrected chi connectivity index (χ1v) is 13.9. The minimum Gasteiger partial charge on any atom is -0.494 e. The van der Waals surface area contributed by atoms with Gasteiger partial charge in [-0.25, -0.2) is 8.42 Å². The van der Waals surface area contributed by atoms with Gasteiger partial charge in [-0.05, 0) is 56.3 Å². The fraction of sp³-hybridized carbons (Fsp3) is 0.308. The first-order valence-electron chi connectivity index (χ1n) is 11.6. The van der Waals surface area contributed by atoms with Crippen molar-refractivity contribution in [3.05, 3.63) is 78.1 Å². The summed E-state index contributed by atoms with van der Waals surface area (Å²) in [5.74, 6) is 0.287. The normalized spacial score (nSPS) is 12.2. The molecular formula is C26H31N3O5S2. The Morgan fingerprint density at radius 2 is 1.78 bits per heavy atom. The van der Waals surface area contributed by atoms with Crippen LogP contribution in [0.2, 0.25) is 0 Å². The molecular weight excluding hydrogens is 498 g/mol. The van der Waals surface area contributed by atoms with Gasteiger partial charge in [0.1, 0.15) is 5.75 Å². The average molecular weight is 530 g/mol. The van der Waals surface area contributed by atoms with Crippen LogP contribution in [0.4, 0.5) is 0 Å². The molecule has 0 aliphatic heterocycles. The summed E-state index contributed by atoms with van der Waals surface area (Å²) < 4.78 is 41.1. The predicted molar refractivity (Wildman–Crippen MR) is 143 cm³/mol. The smallest absolute Gasteiger partial charge is 0.279 e. The number of benzene rings is 2. The fourth-order valence-electron chi connectivity index (χ4n) is 3.54. The Balaban J connectivity index is 1.96. The number of hydrogen-bond donors (Lipinski definition) is 0. The quantitative estimate of drug-likeness (QED) is 0.244. The van der Waals surface area contributed by atoms with Crippen molar-refractivity contribution in [3.8, 4) is 5.75 Å². The summed E-state index contributed by atoms with van der Waals surface area (Å²) in [6.45, 7) is 13.6. The Hall–Kier alpha value is -3.05. The third kappa shape index (κ3) is 6.38. The molecule has 0 bridgehead atoms. The number of nitrogens with zero attached hydrogens (tertiary/aromatic N) is 3. The van der Waals surface area contributed by atoms with Gasteiger partial charge in [-0.3, -0.25) is 4.79 Å². The number of ether oxygens (including phenoxy) is 2. The van der Waals surface area contributed by atoms with E-state index in [9.17, 15) is 13.2 Å². The monoisotopic (exact) mass is 529 g/mol. The Labute approximate surface area is 215 Å². The van der Waals surface area contributed by atoms with E-state index in [2.05, 4.69) is 18.2 Å². The maximum absolute atomic E-state index is 13.0. The Morgan fingerprint density at radius 3 is 2.39 bits per heavy atom. The number of amides is 1. The Kier molecular flexibility index (Phi) is 9.77. The topological polar surface area (TPSA) is 90.2 Å². The van der Waals surface area contributed by atoms with Gasteiger partial charge in [-0.2, -0.15) is 9.30 Å². The molecule has 3 rings (SSSR count). The summed E-state index contributed by atoms with van der Waals surface area (Å²) in [7, 11) is -3.75. The molecule has 0 N–H and O–H groups in total. The van der Waals surface area contributed by atoms with Crippen LogP contribution in [-0.2, 0) is 21.3 Å². The van der Waals surface area contributed by atoms with Crippen LogP contribution >= 0.6 is 11.3 Å². The maximum Gasteiger partial charge on any atom is 0.279 e. The maximum atomic E-state index is 13.0. The molecule has 2 aromatic carbocycles. The second-order valence-electron chi connectivity index (χ2n) is 7.64. The van der Waals surface area contributed by atoms with Crippen molar-refractivity contribution in [2.45, 2.75) is 25.3 Å². The number of carbonyl (C=O) groups excluding carboxylic acids is 1. The zero-order valence-corrected chi connectivity index (χ0v) is 22.2. The van der Waals surface area contributed by atoms with E-state index in [0.717, 1.165) is 16.0 Å². The van der Waals surface area contributed by atoms with Crippen LogP contribution in [0, 0.1) is 0 Å². The lowest BCUT2D eigenvalue weighted by Crippen LogP contribution is -2.31. The molecule has 0 radical (unpaired) electrons. The summed E-state index contributed by atoms with van der Waals surface area (Å²) in [4.78, 5) is 18.0. The van der Waals surface area contributed by atoms with Gasteiger partial charge in [0, 0.05) is 31.8 Å². The van der Waals surface area contributed by atoms with Gasteiger partial charge in [0.25, 0.3) is 5.91 Å². The molecule has 1 heterocycles. The molecule has 192 valence electrons. The standard InChI is InChI=1S/C26H31N3O5S2/c1-5-15-28(16-6-2)36(31,32)22-12-9-20(10-13-22)25(30)27-26-29(17-18-33-7-3)23-14-11-21(34-8-4)19-24(23)35-26/h5-6,9-14,19H,1-2,7-8,15-18H2,3-4H3. The third-order valence-electron chi connectivity index (χ3n) is 5.23. The lowest BCUT2D eigenvalue weighted by Gasteiger charge is -2.19. The highest BCUT2D eigenvalue weighted by Crippen LogP contribution is 2.24. The SMILES string of the molecule is C=CCN(CC=C)S(=O)(=O)c1ccc(C(=O)N=c2sc3cc(OCC)ccc3n2CCOCC)cc1. The van der Waals surface area contributed by atoms with Crippen molar-refractivity contribution < 1.29 is 22.7 Å². The molecule has 1 amide bonds. The molecule has 8 nitrogen and oxygen atoms in total. The molecule has 0 aliphatic rings. The molecule has 0 saturated heterocycles. The predicted octanol–water partition coefficient (Wildman–Crippen LogP) is 4.24. The Morgan fingerprint density at radius 1 is 1.08 bits per heavy atom. The zero-order chi connectivity index (χ0) is 26.1. The molecule has 10 heteroatoms. The molecule has 0 atom stereocenters. The largest absolute Gasteiger partial charge is 0.494 e. The number of sulfonamides is 1. The first-order chi connectivity index (χ1) is 17.3. The Bertz CT molecular complexity index is 1380. The van der Waals surface area contributed by atoms with Gasteiger partial charge in [-0.1, -0.05) is 23.5 Å². The van der Waals surface area contributed by atoms with Crippen LogP contribution < -0.4 is 9.54 Å². The van der Waals surface area contributed by atoms with Gasteiger partial charge in [-0.15, -0.1) is 13.2 Å². The summed E-state index contributed by atoms with van der Waals surface area (Å²) in [5.41, 5.74) is 1.22. The van der Waals surface area contributed by atoms with Crippen LogP contribution in [-0.4, -0.2) is 56.1 Å². The lowest BCUT2D eigenvalue weighted by molar-refractivity contribution is 0.0996. The van der Waals surface area contributed by atoms with Crippen LogP contribution in [0.1, 0.15) is 24.2 Å². The van der Waals surface area contributed by atoms with Crippen LogP contribution in [0.5, 0.6) is 5.75 Å². The zero-order valence-electron chi connectivity index (χ0n) is 20.6. The summed E-state index contributed by atoms with van der Waals surface area (Å²) >= 11 is 1.39. The fourth-order valence-corrected chi connectivity index (χ4v) is 6.00. The highest BCUT2D eigenvalue weighted by Gasteiger charge is 2.22. The molecule has 3 aromatic rings. The number of carbonyl (C=O) groups is 1. The van der Waals surface area contributed by atoms with E-state index in [4.69, 9.17) is 9.47 Å². The van der Waals surface area contributed by atoms with Crippen molar-refractivity contribution in [3.63, 3.8) is 0 Å². The minimum absolute atomic E-state index is 0.0832. The van der Waals surface area contributed by atoms with Gasteiger partial charge in [0.05, 0.1) is 28.3 Å². The number of fused-ring (bicyclic) bond motifs is 1. The summed E-state index contributed by atoms with van der Waals surface area (Å²) in [5, 5.41) is 0. The van der Waals surface area contributed by atoms with Crippen LogP contribution in [0.3, 0.4) is 0 Å². The van der Waals surface area contributed by atoms with E-state index in [-0.39, 0.29) is 23.5 Å². The van der Waals surface area contributed by atoms with E-state index in [1.54, 1.807) is 0 Å². The average Bonchev–Trinajstić information content (AvgIpc) is 3.20. The van der Waals surface area contributed by atoms with E-state index in [0.29, 0.717) is 31.2 Å². The molecule has 0 saturated carbocycles. The van der Waals surface area contributed by atoms with Gasteiger partial charge in [0.2, 0.25) is 10.0 Å². The van der Waals surface area contributed by atoms with E-state index in [1.807, 2.05) is 36.6 Å². The number of aromatic nitrogens is 1. The van der Waals surface area contributed by atoms with Gasteiger partial charge in [0.15, 0.2) is 4.80 Å². The third-order valence-corrected chi connectivity index (χ3v) is 8.12. The van der Waals surface area contributed by atoms with Crippen LogP contribution in [0.25, 0.3) is 10.2 Å². The van der Waals surface area contributed by atoms with Gasteiger partial charge < -0.3 is 14.0 Å². The highest BCUT2D eigenvalue weighted by molar-refractivity contribution is 7.89. The molecule has 0 aliphatic carbocycles. The second-order valence-corrected chi connectivity index (χ2v) is 10.6. The minimum atomic E-state index is -3.75. The molecule has 36 heavy (non-hydrogen) atoms. The van der Waals surface area contributed by atoms with Crippen LogP contribution in [0.15, 0.2) is 77.7 Å². The number of hydrogen-bond acceptors (Lipinski definition) is 6. The highest BCUT2D eigenvalue weighted by atomic mass is 32.2. The molecule has 0 fully saturated rings. The van der Waals surface area contributed by atoms with Crippen molar-refractivity contribution in [1.82, 2.24) is 8.87 Å². The van der Waals surface area contributed by atoms with Crippen molar-refractivity contribution in [1.29, 1.82) is 0 Å². The number of thiazole rings is 1. The van der Waals surface area contributed by atoms with Gasteiger partial charge >= 0.3 is 0 Å². The summed E-state index contributed by atoms with van der Waals surface area (Å²) in [6, 6.07) is 11.6.